The molecule has 102 valence electrons. The van der Waals surface area contributed by atoms with E-state index in [2.05, 4.69) is 10.6 Å². The molecule has 1 saturated heterocycles. The molecule has 2 N–H and O–H groups in total. The van der Waals surface area contributed by atoms with Crippen molar-refractivity contribution in [2.24, 2.45) is 0 Å². The maximum atomic E-state index is 11.9. The average Bonchev–Trinajstić information content (AvgIpc) is 2.41. The minimum atomic E-state index is -0.235. The predicted octanol–water partition coefficient (Wildman–Crippen LogP) is 0.413. The van der Waals surface area contributed by atoms with Crippen LogP contribution >= 0.6 is 0 Å². The Morgan fingerprint density at radius 2 is 2.32 bits per heavy atom. The van der Waals surface area contributed by atoms with Gasteiger partial charge in [0.05, 0.1) is 0 Å². The fourth-order valence-electron chi connectivity index (χ4n) is 2.32. The second-order valence-corrected chi connectivity index (χ2v) is 4.66. The van der Waals surface area contributed by atoms with E-state index in [0.29, 0.717) is 18.7 Å². The zero-order valence-corrected chi connectivity index (χ0v) is 11.3. The van der Waals surface area contributed by atoms with Crippen LogP contribution in [0.15, 0.2) is 24.3 Å². The molecule has 5 nitrogen and oxygen atoms in total. The van der Waals surface area contributed by atoms with Crippen LogP contribution in [0.5, 0.6) is 0 Å². The summed E-state index contributed by atoms with van der Waals surface area (Å²) in [5.74, 6) is 0.0577. The lowest BCUT2D eigenvalue weighted by Crippen LogP contribution is -2.58. The van der Waals surface area contributed by atoms with Crippen LogP contribution in [-0.4, -0.2) is 44.4 Å². The first kappa shape index (κ1) is 13.5. The van der Waals surface area contributed by atoms with Crippen molar-refractivity contribution in [3.05, 3.63) is 29.8 Å². The highest BCUT2D eigenvalue weighted by Crippen LogP contribution is 2.20. The van der Waals surface area contributed by atoms with Gasteiger partial charge >= 0.3 is 0 Å². The Morgan fingerprint density at radius 1 is 1.53 bits per heavy atom. The second kappa shape index (κ2) is 5.84. The minimum Gasteiger partial charge on any atom is -0.357 e. The number of likely N-dealkylation sites (N-methyl/N-ethyl adjacent to an activating group) is 1. The third kappa shape index (κ3) is 2.93. The first-order chi connectivity index (χ1) is 9.13. The standard InChI is InChI=1S/C14H19N3O2/c1-10(18)11-4-3-5-12(8-11)17-7-6-16-14(19)13(17)9-15-2/h3-5,8,13,15H,6-7,9H2,1-2H3,(H,16,19). The maximum Gasteiger partial charge on any atom is 0.244 e. The molecule has 1 aliphatic rings. The van der Waals surface area contributed by atoms with Crippen molar-refractivity contribution in [2.45, 2.75) is 13.0 Å². The van der Waals surface area contributed by atoms with E-state index in [1.807, 2.05) is 30.1 Å². The van der Waals surface area contributed by atoms with Gasteiger partial charge in [0.2, 0.25) is 5.91 Å². The molecule has 5 heteroatoms. The van der Waals surface area contributed by atoms with Crippen LogP contribution in [-0.2, 0) is 4.79 Å². The van der Waals surface area contributed by atoms with Gasteiger partial charge in [-0.05, 0) is 26.1 Å². The number of carbonyl (C=O) groups is 2. The van der Waals surface area contributed by atoms with E-state index in [-0.39, 0.29) is 17.7 Å². The van der Waals surface area contributed by atoms with E-state index in [9.17, 15) is 9.59 Å². The predicted molar refractivity (Wildman–Crippen MR) is 74.5 cm³/mol. The van der Waals surface area contributed by atoms with Gasteiger partial charge < -0.3 is 15.5 Å². The lowest BCUT2D eigenvalue weighted by molar-refractivity contribution is -0.123. The molecule has 1 aliphatic heterocycles. The molecule has 1 amide bonds. The lowest BCUT2D eigenvalue weighted by Gasteiger charge is -2.36. The smallest absolute Gasteiger partial charge is 0.244 e. The SMILES string of the molecule is CNCC1C(=O)NCCN1c1cccc(C(C)=O)c1. The van der Waals surface area contributed by atoms with Gasteiger partial charge in [0.25, 0.3) is 0 Å². The Hall–Kier alpha value is -1.88. The van der Waals surface area contributed by atoms with Gasteiger partial charge in [-0.15, -0.1) is 0 Å². The highest BCUT2D eigenvalue weighted by molar-refractivity contribution is 5.95. The summed E-state index contributed by atoms with van der Waals surface area (Å²) in [6.07, 6.45) is 0. The monoisotopic (exact) mass is 261 g/mol. The number of Topliss-reactive ketones (excluding diaryl/α,β-unsaturated/α-hetero) is 1. The van der Waals surface area contributed by atoms with Crippen molar-refractivity contribution >= 4 is 17.4 Å². The van der Waals surface area contributed by atoms with Crippen molar-refractivity contribution in [1.29, 1.82) is 0 Å². The topological polar surface area (TPSA) is 61.4 Å². The molecule has 0 spiro atoms. The van der Waals surface area contributed by atoms with Gasteiger partial charge in [-0.2, -0.15) is 0 Å². The number of amides is 1. The molecule has 0 aromatic heterocycles. The minimum absolute atomic E-state index is 0.0221. The summed E-state index contributed by atoms with van der Waals surface area (Å²) >= 11 is 0. The van der Waals surface area contributed by atoms with Crippen LogP contribution < -0.4 is 15.5 Å². The van der Waals surface area contributed by atoms with Gasteiger partial charge in [0.15, 0.2) is 5.78 Å². The molecule has 1 fully saturated rings. The number of nitrogens with one attached hydrogen (secondary N) is 2. The molecule has 1 aromatic rings. The third-order valence-corrected chi connectivity index (χ3v) is 3.31. The molecule has 0 radical (unpaired) electrons. The Morgan fingerprint density at radius 3 is 3.00 bits per heavy atom. The highest BCUT2D eigenvalue weighted by Gasteiger charge is 2.29. The maximum absolute atomic E-state index is 11.9. The first-order valence-corrected chi connectivity index (χ1v) is 6.43. The Kier molecular flexibility index (Phi) is 4.16. The summed E-state index contributed by atoms with van der Waals surface area (Å²) in [7, 11) is 1.83. The van der Waals surface area contributed by atoms with Gasteiger partial charge in [0, 0.05) is 30.9 Å². The number of ketones is 1. The van der Waals surface area contributed by atoms with E-state index in [1.54, 1.807) is 13.0 Å². The zero-order valence-electron chi connectivity index (χ0n) is 11.3. The average molecular weight is 261 g/mol. The number of hydrogen-bond donors (Lipinski definition) is 2. The van der Waals surface area contributed by atoms with Crippen molar-refractivity contribution < 1.29 is 9.59 Å². The first-order valence-electron chi connectivity index (χ1n) is 6.43. The number of hydrogen-bond acceptors (Lipinski definition) is 4. The van der Waals surface area contributed by atoms with Crippen LogP contribution in [0.3, 0.4) is 0 Å². The molecular formula is C14H19N3O2. The number of carbonyl (C=O) groups excluding carboxylic acids is 2. The summed E-state index contributed by atoms with van der Waals surface area (Å²) in [6.45, 7) is 3.51. The zero-order chi connectivity index (χ0) is 13.8. The van der Waals surface area contributed by atoms with Crippen LogP contribution in [0, 0.1) is 0 Å². The number of rotatable bonds is 4. The second-order valence-electron chi connectivity index (χ2n) is 4.66. The van der Waals surface area contributed by atoms with E-state index in [4.69, 9.17) is 0 Å². The molecule has 19 heavy (non-hydrogen) atoms. The van der Waals surface area contributed by atoms with E-state index in [1.165, 1.54) is 0 Å². The number of anilines is 1. The van der Waals surface area contributed by atoms with Crippen LogP contribution in [0.2, 0.25) is 0 Å². The van der Waals surface area contributed by atoms with E-state index >= 15 is 0 Å². The van der Waals surface area contributed by atoms with E-state index < -0.39 is 0 Å². The van der Waals surface area contributed by atoms with E-state index in [0.717, 1.165) is 12.2 Å². The van der Waals surface area contributed by atoms with Gasteiger partial charge in [-0.25, -0.2) is 0 Å². The Bertz CT molecular complexity index is 487. The Labute approximate surface area is 113 Å². The lowest BCUT2D eigenvalue weighted by atomic mass is 10.1. The van der Waals surface area contributed by atoms with Crippen LogP contribution in [0.25, 0.3) is 0 Å². The molecule has 0 bridgehead atoms. The number of piperazine rings is 1. The number of benzene rings is 1. The van der Waals surface area contributed by atoms with Gasteiger partial charge in [-0.3, -0.25) is 9.59 Å². The molecule has 1 aromatic carbocycles. The fraction of sp³-hybridized carbons (Fsp3) is 0.429. The summed E-state index contributed by atoms with van der Waals surface area (Å²) in [5.41, 5.74) is 1.59. The van der Waals surface area contributed by atoms with Crippen molar-refractivity contribution in [3.8, 4) is 0 Å². The summed E-state index contributed by atoms with van der Waals surface area (Å²) in [5, 5.41) is 5.90. The summed E-state index contributed by atoms with van der Waals surface area (Å²) in [4.78, 5) is 25.4. The third-order valence-electron chi connectivity index (χ3n) is 3.31. The van der Waals surface area contributed by atoms with Crippen molar-refractivity contribution in [3.63, 3.8) is 0 Å². The molecule has 0 aliphatic carbocycles. The molecule has 2 rings (SSSR count). The van der Waals surface area contributed by atoms with Crippen molar-refractivity contribution in [1.82, 2.24) is 10.6 Å². The molecule has 1 atom stereocenters. The van der Waals surface area contributed by atoms with Crippen LogP contribution in [0.4, 0.5) is 5.69 Å². The summed E-state index contributed by atoms with van der Waals surface area (Å²) < 4.78 is 0. The molecule has 1 heterocycles. The fourth-order valence-corrected chi connectivity index (χ4v) is 2.32. The highest BCUT2D eigenvalue weighted by atomic mass is 16.2. The summed E-state index contributed by atoms with van der Waals surface area (Å²) in [6, 6.07) is 7.20. The van der Waals surface area contributed by atoms with Crippen molar-refractivity contribution in [2.75, 3.05) is 31.6 Å². The molecule has 0 saturated carbocycles. The normalized spacial score (nSPS) is 19.2. The number of nitrogens with zero attached hydrogens (tertiary/aromatic N) is 1. The van der Waals surface area contributed by atoms with Gasteiger partial charge in [-0.1, -0.05) is 12.1 Å². The van der Waals surface area contributed by atoms with Gasteiger partial charge in [0.1, 0.15) is 6.04 Å². The molecule has 1 unspecified atom stereocenters. The van der Waals surface area contributed by atoms with Crippen LogP contribution in [0.1, 0.15) is 17.3 Å². The Balaban J connectivity index is 2.29. The quantitative estimate of drug-likeness (QED) is 0.771. The largest absolute Gasteiger partial charge is 0.357 e. The molecular weight excluding hydrogens is 242 g/mol.